The highest BCUT2D eigenvalue weighted by Gasteiger charge is 2.16. The van der Waals surface area contributed by atoms with E-state index in [1.807, 2.05) is 23.4 Å². The van der Waals surface area contributed by atoms with E-state index < -0.39 is 6.55 Å². The molecule has 0 spiro atoms. The highest BCUT2D eigenvalue weighted by Crippen LogP contribution is 2.19. The summed E-state index contributed by atoms with van der Waals surface area (Å²) in [4.78, 5) is 10.3. The summed E-state index contributed by atoms with van der Waals surface area (Å²) in [7, 11) is 1.81. The Labute approximate surface area is 137 Å². The topological polar surface area (TPSA) is 38.9 Å². The van der Waals surface area contributed by atoms with Gasteiger partial charge in [0.1, 0.15) is 17.5 Å². The second-order valence-corrected chi connectivity index (χ2v) is 5.61. The molecule has 2 aromatic heterocycles. The monoisotopic (exact) mass is 337 g/mol. The number of aryl methyl sites for hydroxylation is 1. The number of alkyl halides is 2. The maximum Gasteiger partial charge on any atom is 0.319 e. The number of hydrogen-bond acceptors (Lipinski definition) is 3. The van der Waals surface area contributed by atoms with Crippen molar-refractivity contribution in [1.82, 2.24) is 24.0 Å². The number of benzene rings is 1. The van der Waals surface area contributed by atoms with E-state index in [-0.39, 0.29) is 18.2 Å². The van der Waals surface area contributed by atoms with Gasteiger partial charge in [0, 0.05) is 25.0 Å². The lowest BCUT2D eigenvalue weighted by molar-refractivity contribution is 0.0643. The molecule has 0 aliphatic carbocycles. The molecule has 0 atom stereocenters. The average Bonchev–Trinajstić information content (AvgIpc) is 3.10. The van der Waals surface area contributed by atoms with Crippen molar-refractivity contribution < 1.29 is 13.2 Å². The van der Waals surface area contributed by atoms with Gasteiger partial charge >= 0.3 is 6.55 Å². The fourth-order valence-electron chi connectivity index (χ4n) is 2.81. The van der Waals surface area contributed by atoms with Gasteiger partial charge in [0.05, 0.1) is 24.1 Å². The molecule has 2 heterocycles. The molecule has 0 amide bonds. The second kappa shape index (κ2) is 6.64. The van der Waals surface area contributed by atoms with Gasteiger partial charge in [-0.25, -0.2) is 14.4 Å². The molecular weight excluding hydrogens is 319 g/mol. The van der Waals surface area contributed by atoms with Crippen LogP contribution in [0.1, 0.15) is 25.1 Å². The minimum Gasteiger partial charge on any atom is -0.327 e. The summed E-state index contributed by atoms with van der Waals surface area (Å²) in [5, 5.41) is 0. The predicted molar refractivity (Wildman–Crippen MR) is 84.0 cm³/mol. The first-order valence-electron chi connectivity index (χ1n) is 7.62. The summed E-state index contributed by atoms with van der Waals surface area (Å²) in [5.41, 5.74) is 1.45. The maximum atomic E-state index is 13.4. The van der Waals surface area contributed by atoms with E-state index >= 15 is 0 Å². The molecule has 3 aromatic rings. The third-order valence-corrected chi connectivity index (χ3v) is 3.89. The zero-order chi connectivity index (χ0) is 17.3. The van der Waals surface area contributed by atoms with Crippen molar-refractivity contribution >= 4 is 11.0 Å². The van der Waals surface area contributed by atoms with Crippen LogP contribution in [0.25, 0.3) is 11.0 Å². The van der Waals surface area contributed by atoms with E-state index in [2.05, 4.69) is 9.97 Å². The molecule has 0 unspecified atom stereocenters. The Bertz CT molecular complexity index is 839. The number of halogens is 3. The molecule has 0 aliphatic heterocycles. The van der Waals surface area contributed by atoms with Crippen LogP contribution in [0.5, 0.6) is 0 Å². The van der Waals surface area contributed by atoms with Crippen LogP contribution in [0.4, 0.5) is 13.2 Å². The number of rotatable bonds is 6. The van der Waals surface area contributed by atoms with Gasteiger partial charge in [-0.3, -0.25) is 9.47 Å². The van der Waals surface area contributed by atoms with Crippen molar-refractivity contribution in [2.75, 3.05) is 7.05 Å². The summed E-state index contributed by atoms with van der Waals surface area (Å²) < 4.78 is 42.0. The fraction of sp³-hybridized carbons (Fsp3) is 0.375. The van der Waals surface area contributed by atoms with Gasteiger partial charge in [-0.2, -0.15) is 8.78 Å². The third kappa shape index (κ3) is 3.14. The first-order chi connectivity index (χ1) is 11.5. The number of aromatic nitrogens is 4. The second-order valence-electron chi connectivity index (χ2n) is 5.61. The molecule has 1 aromatic carbocycles. The summed E-state index contributed by atoms with van der Waals surface area (Å²) in [6.45, 7) is 0.770. The highest BCUT2D eigenvalue weighted by molar-refractivity contribution is 5.76. The Hall–Kier alpha value is -2.35. The Balaban J connectivity index is 1.82. The van der Waals surface area contributed by atoms with Crippen LogP contribution in [0.3, 0.4) is 0 Å². The van der Waals surface area contributed by atoms with Crippen LogP contribution in [0.15, 0.2) is 30.6 Å². The number of imidazole rings is 2. The first kappa shape index (κ1) is 16.5. The molecule has 0 saturated carbocycles. The molecule has 8 heteroatoms. The SMILES string of the molecule is CCn1c(CN(C)Cc2nccn2C(F)F)nc2cc(F)ccc21. The third-order valence-electron chi connectivity index (χ3n) is 3.89. The van der Waals surface area contributed by atoms with Crippen LogP contribution in [-0.2, 0) is 19.6 Å². The van der Waals surface area contributed by atoms with Crippen molar-refractivity contribution in [1.29, 1.82) is 0 Å². The molecule has 3 rings (SSSR count). The minimum atomic E-state index is -2.61. The van der Waals surface area contributed by atoms with Crippen LogP contribution in [-0.4, -0.2) is 31.0 Å². The zero-order valence-corrected chi connectivity index (χ0v) is 13.5. The summed E-state index contributed by atoms with van der Waals surface area (Å²) in [5.74, 6) is 0.718. The molecule has 0 bridgehead atoms. The van der Waals surface area contributed by atoms with E-state index in [0.717, 1.165) is 15.9 Å². The maximum absolute atomic E-state index is 13.4. The quantitative estimate of drug-likeness (QED) is 0.692. The predicted octanol–water partition coefficient (Wildman–Crippen LogP) is 3.42. The van der Waals surface area contributed by atoms with Gasteiger partial charge < -0.3 is 4.57 Å². The molecule has 0 radical (unpaired) electrons. The minimum absolute atomic E-state index is 0.263. The lowest BCUT2D eigenvalue weighted by Crippen LogP contribution is -2.22. The van der Waals surface area contributed by atoms with Crippen molar-refractivity contribution in [2.24, 2.45) is 0 Å². The molecule has 128 valence electrons. The van der Waals surface area contributed by atoms with E-state index in [0.29, 0.717) is 18.6 Å². The molecular formula is C16H18F3N5. The van der Waals surface area contributed by atoms with Crippen molar-refractivity contribution in [3.05, 3.63) is 48.1 Å². The lowest BCUT2D eigenvalue weighted by Gasteiger charge is -2.17. The van der Waals surface area contributed by atoms with Gasteiger partial charge in [-0.05, 0) is 26.1 Å². The number of nitrogens with zero attached hydrogens (tertiary/aromatic N) is 5. The van der Waals surface area contributed by atoms with E-state index in [9.17, 15) is 13.2 Å². The van der Waals surface area contributed by atoms with Crippen molar-refractivity contribution in [3.63, 3.8) is 0 Å². The average molecular weight is 337 g/mol. The Kier molecular flexibility index (Phi) is 4.57. The van der Waals surface area contributed by atoms with Gasteiger partial charge in [0.15, 0.2) is 0 Å². The smallest absolute Gasteiger partial charge is 0.319 e. The Morgan fingerprint density at radius 1 is 1.21 bits per heavy atom. The number of hydrogen-bond donors (Lipinski definition) is 0. The summed E-state index contributed by atoms with van der Waals surface area (Å²) >= 11 is 0. The van der Waals surface area contributed by atoms with Gasteiger partial charge in [0.25, 0.3) is 0 Å². The van der Waals surface area contributed by atoms with E-state index in [1.165, 1.54) is 24.5 Å². The lowest BCUT2D eigenvalue weighted by atomic mass is 10.3. The molecule has 0 N–H and O–H groups in total. The van der Waals surface area contributed by atoms with Gasteiger partial charge in [-0.1, -0.05) is 0 Å². The largest absolute Gasteiger partial charge is 0.327 e. The Morgan fingerprint density at radius 2 is 1.96 bits per heavy atom. The standard InChI is InChI=1S/C16H18F3N5/c1-3-23-13-5-4-11(17)8-12(13)21-15(23)10-22(2)9-14-20-6-7-24(14)16(18)19/h4-8,16H,3,9-10H2,1-2H3. The van der Waals surface area contributed by atoms with Crippen LogP contribution in [0.2, 0.25) is 0 Å². The summed E-state index contributed by atoms with van der Waals surface area (Å²) in [6.07, 6.45) is 2.62. The molecule has 0 aliphatic rings. The first-order valence-corrected chi connectivity index (χ1v) is 7.62. The van der Waals surface area contributed by atoms with E-state index in [1.54, 1.807) is 6.07 Å². The zero-order valence-electron chi connectivity index (χ0n) is 13.5. The Morgan fingerprint density at radius 3 is 2.67 bits per heavy atom. The highest BCUT2D eigenvalue weighted by atomic mass is 19.3. The fourth-order valence-corrected chi connectivity index (χ4v) is 2.81. The summed E-state index contributed by atoms with van der Waals surface area (Å²) in [6, 6.07) is 4.51. The number of fused-ring (bicyclic) bond motifs is 1. The van der Waals surface area contributed by atoms with Gasteiger partial charge in [-0.15, -0.1) is 0 Å². The molecule has 0 fully saturated rings. The van der Waals surface area contributed by atoms with Crippen molar-refractivity contribution in [2.45, 2.75) is 33.1 Å². The van der Waals surface area contributed by atoms with E-state index in [4.69, 9.17) is 0 Å². The molecule has 24 heavy (non-hydrogen) atoms. The van der Waals surface area contributed by atoms with Crippen LogP contribution < -0.4 is 0 Å². The normalized spacial score (nSPS) is 12.0. The van der Waals surface area contributed by atoms with Crippen LogP contribution >= 0.6 is 0 Å². The van der Waals surface area contributed by atoms with Gasteiger partial charge in [0.2, 0.25) is 0 Å². The molecule has 5 nitrogen and oxygen atoms in total. The van der Waals surface area contributed by atoms with Crippen LogP contribution in [0, 0.1) is 5.82 Å². The molecule has 0 saturated heterocycles. The van der Waals surface area contributed by atoms with Crippen molar-refractivity contribution in [3.8, 4) is 0 Å².